The van der Waals surface area contributed by atoms with E-state index in [1.54, 1.807) is 6.07 Å². The van der Waals surface area contributed by atoms with E-state index in [1.807, 2.05) is 26.8 Å². The van der Waals surface area contributed by atoms with Crippen LogP contribution in [0.25, 0.3) is 10.9 Å². The van der Waals surface area contributed by atoms with Crippen molar-refractivity contribution in [1.82, 2.24) is 4.98 Å². The molecule has 1 aromatic heterocycles. The minimum atomic E-state index is -0.880. The van der Waals surface area contributed by atoms with E-state index in [4.69, 9.17) is 0 Å². The molecule has 0 fully saturated rings. The first-order chi connectivity index (χ1) is 8.54. The zero-order chi connectivity index (χ0) is 13.3. The van der Waals surface area contributed by atoms with Crippen LogP contribution in [-0.2, 0) is 0 Å². The van der Waals surface area contributed by atoms with Crippen LogP contribution in [0.4, 0.5) is 14.5 Å². The molecule has 1 heterocycles. The highest BCUT2D eigenvalue weighted by molar-refractivity contribution is 5.92. The van der Waals surface area contributed by atoms with Crippen LogP contribution in [-0.4, -0.2) is 11.5 Å². The molecule has 0 radical (unpaired) electrons. The number of nitrogens with zero attached hydrogens (tertiary/aromatic N) is 1. The third-order valence-electron chi connectivity index (χ3n) is 2.85. The molecule has 0 unspecified atom stereocenters. The fraction of sp³-hybridized carbons (Fsp3) is 0.357. The van der Waals surface area contributed by atoms with Gasteiger partial charge in [-0.2, -0.15) is 0 Å². The standard InChI is InChI=1S/C14H16F2N2/c1-4-17-12-7-11(8(2)3)18-14-9(12)5-6-10(15)13(14)16/h5-8H,4H2,1-3H3,(H,17,18). The number of benzene rings is 1. The molecule has 2 rings (SSSR count). The van der Waals surface area contributed by atoms with Crippen LogP contribution in [0.15, 0.2) is 18.2 Å². The number of hydrogen-bond donors (Lipinski definition) is 1. The summed E-state index contributed by atoms with van der Waals surface area (Å²) in [6.07, 6.45) is 0. The predicted octanol–water partition coefficient (Wildman–Crippen LogP) is 4.07. The van der Waals surface area contributed by atoms with Crippen LogP contribution in [0.2, 0.25) is 0 Å². The van der Waals surface area contributed by atoms with Gasteiger partial charge in [-0.05, 0) is 31.0 Å². The van der Waals surface area contributed by atoms with Crippen molar-refractivity contribution in [1.29, 1.82) is 0 Å². The molecule has 18 heavy (non-hydrogen) atoms. The molecule has 0 spiro atoms. The summed E-state index contributed by atoms with van der Waals surface area (Å²) in [7, 11) is 0. The minimum absolute atomic E-state index is 0.0946. The lowest BCUT2D eigenvalue weighted by atomic mass is 10.1. The van der Waals surface area contributed by atoms with E-state index in [9.17, 15) is 8.78 Å². The van der Waals surface area contributed by atoms with Gasteiger partial charge in [0.1, 0.15) is 5.52 Å². The maximum Gasteiger partial charge on any atom is 0.185 e. The summed E-state index contributed by atoms with van der Waals surface area (Å²) in [4.78, 5) is 4.22. The third-order valence-corrected chi connectivity index (χ3v) is 2.85. The summed E-state index contributed by atoms with van der Waals surface area (Å²) >= 11 is 0. The number of rotatable bonds is 3. The summed E-state index contributed by atoms with van der Waals surface area (Å²) in [5.41, 5.74) is 1.64. The Bertz CT molecular complexity index is 580. The van der Waals surface area contributed by atoms with Crippen LogP contribution >= 0.6 is 0 Å². The van der Waals surface area contributed by atoms with Gasteiger partial charge in [0.15, 0.2) is 11.6 Å². The number of halogens is 2. The molecule has 2 nitrogen and oxygen atoms in total. The molecule has 0 saturated carbocycles. The zero-order valence-corrected chi connectivity index (χ0v) is 10.7. The zero-order valence-electron chi connectivity index (χ0n) is 10.7. The van der Waals surface area contributed by atoms with Crippen molar-refractivity contribution in [2.24, 2.45) is 0 Å². The SMILES string of the molecule is CCNc1cc(C(C)C)nc2c(F)c(F)ccc12. The van der Waals surface area contributed by atoms with Crippen LogP contribution in [0.5, 0.6) is 0 Å². The Hall–Kier alpha value is -1.71. The molecule has 0 aliphatic rings. The average molecular weight is 250 g/mol. The van der Waals surface area contributed by atoms with Crippen molar-refractivity contribution in [2.75, 3.05) is 11.9 Å². The van der Waals surface area contributed by atoms with Gasteiger partial charge in [0, 0.05) is 23.3 Å². The molecule has 0 bridgehead atoms. The van der Waals surface area contributed by atoms with Gasteiger partial charge in [-0.1, -0.05) is 13.8 Å². The van der Waals surface area contributed by atoms with Crippen LogP contribution in [0.3, 0.4) is 0 Å². The van der Waals surface area contributed by atoms with E-state index < -0.39 is 11.6 Å². The normalized spacial score (nSPS) is 11.2. The second kappa shape index (κ2) is 4.88. The van der Waals surface area contributed by atoms with Crippen molar-refractivity contribution in [3.8, 4) is 0 Å². The van der Waals surface area contributed by atoms with Gasteiger partial charge in [-0.3, -0.25) is 0 Å². The first-order valence-electron chi connectivity index (χ1n) is 6.07. The first kappa shape index (κ1) is 12.7. The Labute approximate surface area is 105 Å². The monoisotopic (exact) mass is 250 g/mol. The van der Waals surface area contributed by atoms with Gasteiger partial charge < -0.3 is 5.32 Å². The summed E-state index contributed by atoms with van der Waals surface area (Å²) in [5, 5.41) is 3.77. The van der Waals surface area contributed by atoms with E-state index in [0.29, 0.717) is 5.39 Å². The number of aromatic nitrogens is 1. The fourth-order valence-corrected chi connectivity index (χ4v) is 1.89. The van der Waals surface area contributed by atoms with E-state index in [1.165, 1.54) is 0 Å². The predicted molar refractivity (Wildman–Crippen MR) is 69.9 cm³/mol. The minimum Gasteiger partial charge on any atom is -0.385 e. The Kier molecular flexibility index (Phi) is 3.45. The van der Waals surface area contributed by atoms with E-state index in [0.717, 1.165) is 24.0 Å². The molecule has 0 aliphatic heterocycles. The second-order valence-electron chi connectivity index (χ2n) is 4.54. The highest BCUT2D eigenvalue weighted by Crippen LogP contribution is 2.28. The number of hydrogen-bond acceptors (Lipinski definition) is 2. The third kappa shape index (κ3) is 2.15. The topological polar surface area (TPSA) is 24.9 Å². The Morgan fingerprint density at radius 3 is 2.61 bits per heavy atom. The highest BCUT2D eigenvalue weighted by atomic mass is 19.2. The van der Waals surface area contributed by atoms with Crippen LogP contribution in [0.1, 0.15) is 32.4 Å². The largest absolute Gasteiger partial charge is 0.385 e. The van der Waals surface area contributed by atoms with Crippen molar-refractivity contribution in [2.45, 2.75) is 26.7 Å². The summed E-state index contributed by atoms with van der Waals surface area (Å²) in [6.45, 7) is 6.62. The molecule has 0 amide bonds. The molecule has 96 valence electrons. The lowest BCUT2D eigenvalue weighted by Crippen LogP contribution is -2.03. The van der Waals surface area contributed by atoms with Crippen molar-refractivity contribution in [3.05, 3.63) is 35.5 Å². The molecule has 0 atom stereocenters. The number of anilines is 1. The quantitative estimate of drug-likeness (QED) is 0.888. The first-order valence-corrected chi connectivity index (χ1v) is 6.07. The number of fused-ring (bicyclic) bond motifs is 1. The van der Waals surface area contributed by atoms with Gasteiger partial charge in [-0.15, -0.1) is 0 Å². The van der Waals surface area contributed by atoms with Crippen LogP contribution in [0, 0.1) is 11.6 Å². The molecular weight excluding hydrogens is 234 g/mol. The maximum absolute atomic E-state index is 13.8. The lowest BCUT2D eigenvalue weighted by Gasteiger charge is -2.13. The van der Waals surface area contributed by atoms with Crippen LogP contribution < -0.4 is 5.32 Å². The molecule has 0 saturated heterocycles. The van der Waals surface area contributed by atoms with Crippen molar-refractivity contribution in [3.63, 3.8) is 0 Å². The summed E-state index contributed by atoms with van der Waals surface area (Å²) in [6, 6.07) is 4.59. The summed E-state index contributed by atoms with van der Waals surface area (Å²) < 4.78 is 27.1. The van der Waals surface area contributed by atoms with Gasteiger partial charge in [-0.25, -0.2) is 13.8 Å². The van der Waals surface area contributed by atoms with E-state index in [2.05, 4.69) is 10.3 Å². The number of pyridine rings is 1. The Balaban J connectivity index is 2.77. The smallest absolute Gasteiger partial charge is 0.185 e. The average Bonchev–Trinajstić information content (AvgIpc) is 2.34. The molecule has 1 aromatic carbocycles. The van der Waals surface area contributed by atoms with Gasteiger partial charge in [0.05, 0.1) is 0 Å². The molecule has 1 N–H and O–H groups in total. The maximum atomic E-state index is 13.8. The van der Waals surface area contributed by atoms with Gasteiger partial charge in [0.2, 0.25) is 0 Å². The summed E-state index contributed by atoms with van der Waals surface area (Å²) in [5.74, 6) is -1.58. The highest BCUT2D eigenvalue weighted by Gasteiger charge is 2.14. The van der Waals surface area contributed by atoms with Crippen molar-refractivity contribution < 1.29 is 8.78 Å². The van der Waals surface area contributed by atoms with Gasteiger partial charge in [0.25, 0.3) is 0 Å². The second-order valence-corrected chi connectivity index (χ2v) is 4.54. The number of nitrogens with one attached hydrogen (secondary N) is 1. The van der Waals surface area contributed by atoms with Gasteiger partial charge >= 0.3 is 0 Å². The molecule has 4 heteroatoms. The van der Waals surface area contributed by atoms with E-state index in [-0.39, 0.29) is 11.4 Å². The van der Waals surface area contributed by atoms with E-state index >= 15 is 0 Å². The Morgan fingerprint density at radius 1 is 1.28 bits per heavy atom. The lowest BCUT2D eigenvalue weighted by molar-refractivity contribution is 0.515. The Morgan fingerprint density at radius 2 is 2.00 bits per heavy atom. The molecule has 2 aromatic rings. The van der Waals surface area contributed by atoms with Crippen molar-refractivity contribution >= 4 is 16.6 Å². The fourth-order valence-electron chi connectivity index (χ4n) is 1.89. The molecular formula is C14H16F2N2. The molecule has 0 aliphatic carbocycles.